The first-order valence-corrected chi connectivity index (χ1v) is 6.23. The van der Waals surface area contributed by atoms with Crippen molar-refractivity contribution in [3.63, 3.8) is 0 Å². The molecular weight excluding hydrogens is 281 g/mol. The predicted octanol–water partition coefficient (Wildman–Crippen LogP) is 3.63. The van der Waals surface area contributed by atoms with E-state index in [1.165, 1.54) is 24.3 Å². The van der Waals surface area contributed by atoms with Crippen LogP contribution in [0.4, 0.5) is 24.5 Å². The molecule has 112 valence electrons. The number of hydrogen-bond donors (Lipinski definition) is 2. The van der Waals surface area contributed by atoms with Gasteiger partial charge in [0, 0.05) is 31.0 Å². The molecule has 2 aromatic rings. The van der Waals surface area contributed by atoms with Crippen LogP contribution in [-0.4, -0.2) is 12.2 Å². The second-order valence-electron chi connectivity index (χ2n) is 4.79. The fourth-order valence-corrected chi connectivity index (χ4v) is 2.07. The summed E-state index contributed by atoms with van der Waals surface area (Å²) in [5.41, 5.74) is 5.53. The van der Waals surface area contributed by atoms with Crippen LogP contribution in [0.3, 0.4) is 0 Å². The van der Waals surface area contributed by atoms with Gasteiger partial charge in [0.15, 0.2) is 0 Å². The molecule has 0 aliphatic rings. The number of anilines is 2. The first-order chi connectivity index (χ1) is 9.77. The molecule has 0 aromatic heterocycles. The summed E-state index contributed by atoms with van der Waals surface area (Å²) in [7, 11) is 1.66. The van der Waals surface area contributed by atoms with Crippen molar-refractivity contribution in [3.8, 4) is 5.75 Å². The van der Waals surface area contributed by atoms with Crippen LogP contribution in [-0.2, 0) is 12.7 Å². The van der Waals surface area contributed by atoms with E-state index in [2.05, 4.69) is 0 Å². The lowest BCUT2D eigenvalue weighted by Gasteiger charge is -2.22. The summed E-state index contributed by atoms with van der Waals surface area (Å²) in [6, 6.07) is 10.1. The van der Waals surface area contributed by atoms with Crippen LogP contribution in [0.25, 0.3) is 0 Å². The van der Waals surface area contributed by atoms with Crippen LogP contribution in [0, 0.1) is 0 Å². The number of nitrogens with two attached hydrogens (primary N) is 1. The zero-order chi connectivity index (χ0) is 15.6. The SMILES string of the molecule is CN(Cc1ccc(N)cc1C(F)(F)F)c1cccc(O)c1. The zero-order valence-electron chi connectivity index (χ0n) is 11.4. The third kappa shape index (κ3) is 3.59. The highest BCUT2D eigenvalue weighted by molar-refractivity contribution is 5.52. The van der Waals surface area contributed by atoms with Crippen molar-refractivity contribution in [2.24, 2.45) is 0 Å². The minimum Gasteiger partial charge on any atom is -0.508 e. The molecule has 2 aromatic carbocycles. The fourth-order valence-electron chi connectivity index (χ4n) is 2.07. The van der Waals surface area contributed by atoms with Gasteiger partial charge in [-0.2, -0.15) is 13.2 Å². The maximum Gasteiger partial charge on any atom is 0.416 e. The van der Waals surface area contributed by atoms with E-state index in [1.54, 1.807) is 24.1 Å². The Morgan fingerprint density at radius 2 is 1.86 bits per heavy atom. The van der Waals surface area contributed by atoms with Gasteiger partial charge in [-0.25, -0.2) is 0 Å². The summed E-state index contributed by atoms with van der Waals surface area (Å²) in [6.45, 7) is 0.0541. The van der Waals surface area contributed by atoms with Crippen molar-refractivity contribution in [2.75, 3.05) is 17.7 Å². The van der Waals surface area contributed by atoms with Gasteiger partial charge in [0.05, 0.1) is 5.56 Å². The molecule has 0 bridgehead atoms. The minimum atomic E-state index is -4.45. The summed E-state index contributed by atoms with van der Waals surface area (Å²) >= 11 is 0. The molecule has 0 amide bonds. The maximum atomic E-state index is 13.0. The number of nitrogen functional groups attached to an aromatic ring is 1. The standard InChI is InChI=1S/C15H15F3N2O/c1-20(12-3-2-4-13(21)8-12)9-10-5-6-11(19)7-14(10)15(16,17)18/h2-8,21H,9,19H2,1H3. The number of phenols is 1. The first kappa shape index (κ1) is 15.0. The van der Waals surface area contributed by atoms with Crippen molar-refractivity contribution in [3.05, 3.63) is 53.6 Å². The zero-order valence-corrected chi connectivity index (χ0v) is 11.4. The Bertz CT molecular complexity index is 641. The average molecular weight is 296 g/mol. The Kier molecular flexibility index (Phi) is 3.97. The smallest absolute Gasteiger partial charge is 0.416 e. The molecule has 6 heteroatoms. The Morgan fingerprint density at radius 1 is 1.14 bits per heavy atom. The molecule has 21 heavy (non-hydrogen) atoms. The summed E-state index contributed by atoms with van der Waals surface area (Å²) in [6.07, 6.45) is -4.45. The van der Waals surface area contributed by atoms with Crippen LogP contribution in [0.15, 0.2) is 42.5 Å². The first-order valence-electron chi connectivity index (χ1n) is 6.23. The van der Waals surface area contributed by atoms with E-state index in [9.17, 15) is 18.3 Å². The summed E-state index contributed by atoms with van der Waals surface area (Å²) in [5.74, 6) is 0.0627. The number of aromatic hydroxyl groups is 1. The molecule has 0 aliphatic heterocycles. The van der Waals surface area contributed by atoms with E-state index in [-0.39, 0.29) is 23.5 Å². The van der Waals surface area contributed by atoms with Gasteiger partial charge in [-0.1, -0.05) is 12.1 Å². The van der Waals surface area contributed by atoms with E-state index in [4.69, 9.17) is 5.73 Å². The molecule has 0 fully saturated rings. The molecule has 0 saturated heterocycles. The third-order valence-corrected chi connectivity index (χ3v) is 3.12. The van der Waals surface area contributed by atoms with Crippen LogP contribution in [0.5, 0.6) is 5.75 Å². The van der Waals surface area contributed by atoms with Gasteiger partial charge in [0.2, 0.25) is 0 Å². The molecule has 0 aliphatic carbocycles. The molecule has 3 N–H and O–H groups in total. The van der Waals surface area contributed by atoms with Crippen LogP contribution in [0.1, 0.15) is 11.1 Å². The highest BCUT2D eigenvalue weighted by Crippen LogP contribution is 2.34. The molecular formula is C15H15F3N2O. The summed E-state index contributed by atoms with van der Waals surface area (Å²) < 4.78 is 39.1. The van der Waals surface area contributed by atoms with Gasteiger partial charge < -0.3 is 15.7 Å². The summed E-state index contributed by atoms with van der Waals surface area (Å²) in [4.78, 5) is 1.63. The Labute approximate surface area is 120 Å². The number of benzene rings is 2. The van der Waals surface area contributed by atoms with Gasteiger partial charge in [0.25, 0.3) is 0 Å². The van der Waals surface area contributed by atoms with Crippen molar-refractivity contribution in [1.82, 2.24) is 0 Å². The van der Waals surface area contributed by atoms with Crippen LogP contribution >= 0.6 is 0 Å². The molecule has 0 radical (unpaired) electrons. The number of alkyl halides is 3. The second-order valence-corrected chi connectivity index (χ2v) is 4.79. The van der Waals surface area contributed by atoms with Crippen molar-refractivity contribution in [1.29, 1.82) is 0 Å². The van der Waals surface area contributed by atoms with E-state index >= 15 is 0 Å². The highest BCUT2D eigenvalue weighted by Gasteiger charge is 2.33. The molecule has 2 rings (SSSR count). The van der Waals surface area contributed by atoms with E-state index < -0.39 is 11.7 Å². The van der Waals surface area contributed by atoms with E-state index in [0.29, 0.717) is 5.69 Å². The number of halogens is 3. The molecule has 0 heterocycles. The number of rotatable bonds is 3. The molecule has 0 spiro atoms. The Balaban J connectivity index is 2.31. The Hall–Kier alpha value is -2.37. The topological polar surface area (TPSA) is 49.5 Å². The van der Waals surface area contributed by atoms with Crippen molar-refractivity contribution >= 4 is 11.4 Å². The predicted molar refractivity (Wildman–Crippen MR) is 76.1 cm³/mol. The van der Waals surface area contributed by atoms with Gasteiger partial charge in [0.1, 0.15) is 5.75 Å². The lowest BCUT2D eigenvalue weighted by molar-refractivity contribution is -0.138. The Morgan fingerprint density at radius 3 is 2.48 bits per heavy atom. The second kappa shape index (κ2) is 5.55. The lowest BCUT2D eigenvalue weighted by atomic mass is 10.1. The van der Waals surface area contributed by atoms with Crippen LogP contribution in [0.2, 0.25) is 0 Å². The van der Waals surface area contributed by atoms with Gasteiger partial charge >= 0.3 is 6.18 Å². The number of hydrogen-bond acceptors (Lipinski definition) is 3. The number of nitrogens with zero attached hydrogens (tertiary/aromatic N) is 1. The third-order valence-electron chi connectivity index (χ3n) is 3.12. The molecule has 0 saturated carbocycles. The van der Waals surface area contributed by atoms with Gasteiger partial charge in [-0.3, -0.25) is 0 Å². The molecule has 3 nitrogen and oxygen atoms in total. The highest BCUT2D eigenvalue weighted by atomic mass is 19.4. The number of phenolic OH excluding ortho intramolecular Hbond substituents is 1. The van der Waals surface area contributed by atoms with E-state index in [1.807, 2.05) is 0 Å². The average Bonchev–Trinajstić information content (AvgIpc) is 2.39. The maximum absolute atomic E-state index is 13.0. The fraction of sp³-hybridized carbons (Fsp3) is 0.200. The monoisotopic (exact) mass is 296 g/mol. The van der Waals surface area contributed by atoms with Gasteiger partial charge in [-0.15, -0.1) is 0 Å². The summed E-state index contributed by atoms with van der Waals surface area (Å²) in [5, 5.41) is 9.43. The lowest BCUT2D eigenvalue weighted by Crippen LogP contribution is -2.20. The largest absolute Gasteiger partial charge is 0.508 e. The quantitative estimate of drug-likeness (QED) is 0.850. The minimum absolute atomic E-state index is 0.0541. The van der Waals surface area contributed by atoms with Gasteiger partial charge in [-0.05, 0) is 29.8 Å². The normalized spacial score (nSPS) is 11.4. The van der Waals surface area contributed by atoms with Crippen molar-refractivity contribution in [2.45, 2.75) is 12.7 Å². The van der Waals surface area contributed by atoms with Crippen LogP contribution < -0.4 is 10.6 Å². The molecule has 0 atom stereocenters. The molecule has 0 unspecified atom stereocenters. The van der Waals surface area contributed by atoms with E-state index in [0.717, 1.165) is 6.07 Å². The van der Waals surface area contributed by atoms with Crippen molar-refractivity contribution < 1.29 is 18.3 Å².